The molecule has 0 unspecified atom stereocenters. The highest BCUT2D eigenvalue weighted by atomic mass is 16.5. The predicted molar refractivity (Wildman–Crippen MR) is 198 cm³/mol. The number of methoxy groups -OCH3 is 4. The van der Waals surface area contributed by atoms with Crippen molar-refractivity contribution in [3.8, 4) is 58.3 Å². The lowest BCUT2D eigenvalue weighted by molar-refractivity contribution is 0.220. The van der Waals surface area contributed by atoms with Gasteiger partial charge in [-0.05, 0) is 92.4 Å². The number of ether oxygens (including phenoxy) is 6. The maximum atomic E-state index is 6.90. The van der Waals surface area contributed by atoms with Gasteiger partial charge in [0.2, 0.25) is 11.5 Å². The average molecular weight is 690 g/mol. The molecule has 10 rings (SSSR count). The van der Waals surface area contributed by atoms with Crippen LogP contribution in [-0.2, 0) is 32.2 Å². The first-order chi connectivity index (χ1) is 24.9. The van der Waals surface area contributed by atoms with Crippen LogP contribution in [0.5, 0.6) is 46.0 Å². The number of rotatable bonds is 7. The molecule has 0 aromatic heterocycles. The summed E-state index contributed by atoms with van der Waals surface area (Å²) in [7, 11) is 11.1. The number of nitrogens with one attached hydrogen (secondary N) is 1. The maximum Gasteiger partial charge on any atom is 0.204 e. The molecule has 9 nitrogen and oxygen atoms in total. The molecule has 6 aliphatic heterocycles. The number of nitrogens with zero attached hydrogens (tertiary/aromatic N) is 2. The molecule has 0 spiro atoms. The van der Waals surface area contributed by atoms with Gasteiger partial charge < -0.3 is 33.7 Å². The third kappa shape index (κ3) is 6.44. The summed E-state index contributed by atoms with van der Waals surface area (Å²) in [6.45, 7) is 2.79. The monoisotopic (exact) mass is 689 g/mol. The van der Waals surface area contributed by atoms with Gasteiger partial charge in [0.1, 0.15) is 11.5 Å². The molecule has 266 valence electrons. The average Bonchev–Trinajstić information content (AvgIpc) is 3.15. The van der Waals surface area contributed by atoms with Crippen molar-refractivity contribution in [3.63, 3.8) is 0 Å². The lowest BCUT2D eigenvalue weighted by atomic mass is 9.84. The second kappa shape index (κ2) is 14.8. The number of likely N-dealkylation sites (N-methyl/N-ethyl adjacent to an activating group) is 2. The Morgan fingerprint density at radius 3 is 1.82 bits per heavy atom. The van der Waals surface area contributed by atoms with Crippen LogP contribution in [0.15, 0.2) is 54.6 Å². The normalized spacial score (nSPS) is 18.3. The second-order valence-corrected chi connectivity index (χ2v) is 13.5. The Morgan fingerprint density at radius 1 is 0.725 bits per heavy atom. The Kier molecular flexibility index (Phi) is 10.0. The van der Waals surface area contributed by atoms with Gasteiger partial charge in [-0.2, -0.15) is 0 Å². The first-order valence-corrected chi connectivity index (χ1v) is 17.5. The van der Waals surface area contributed by atoms with E-state index in [4.69, 9.17) is 34.8 Å². The number of hydrogen-bond donors (Lipinski definition) is 1. The van der Waals surface area contributed by atoms with Gasteiger partial charge in [0.15, 0.2) is 23.0 Å². The van der Waals surface area contributed by atoms with E-state index in [9.17, 15) is 0 Å². The Morgan fingerprint density at radius 2 is 1.27 bits per heavy atom. The topological polar surface area (TPSA) is 73.9 Å². The highest BCUT2D eigenvalue weighted by Crippen LogP contribution is 2.53. The van der Waals surface area contributed by atoms with E-state index in [1.807, 2.05) is 12.1 Å². The molecule has 0 amide bonds. The number of benzene rings is 4. The van der Waals surface area contributed by atoms with Gasteiger partial charge in [-0.15, -0.1) is 6.42 Å². The molecule has 0 aliphatic carbocycles. The van der Waals surface area contributed by atoms with E-state index in [1.165, 1.54) is 22.3 Å². The van der Waals surface area contributed by atoms with Gasteiger partial charge in [0.25, 0.3) is 0 Å². The number of terminal acetylenes is 1. The molecule has 2 atom stereocenters. The summed E-state index contributed by atoms with van der Waals surface area (Å²) in [4.78, 5) is 4.79. The molecule has 9 heteroatoms. The SMILES string of the molecule is C#CCNCc1c2c3c(c(OC)c1OC)Oc1ccc(cc1)C[C@@H]1c4c(cc(OC)c(OC)c4Oc4ccc(cc4)C[C@H]3N(C)CC2)CCN1C. The molecule has 4 aromatic rings. The summed E-state index contributed by atoms with van der Waals surface area (Å²) in [5, 5.41) is 3.39. The smallest absolute Gasteiger partial charge is 0.204 e. The quantitative estimate of drug-likeness (QED) is 0.165. The first kappa shape index (κ1) is 34.6. The van der Waals surface area contributed by atoms with Crippen LogP contribution in [0.25, 0.3) is 0 Å². The van der Waals surface area contributed by atoms with Crippen molar-refractivity contribution < 1.29 is 28.4 Å². The van der Waals surface area contributed by atoms with E-state index in [2.05, 4.69) is 77.6 Å². The Bertz CT molecular complexity index is 1940. The van der Waals surface area contributed by atoms with Crippen molar-refractivity contribution in [2.75, 3.05) is 62.2 Å². The van der Waals surface area contributed by atoms with E-state index < -0.39 is 0 Å². The van der Waals surface area contributed by atoms with E-state index in [0.29, 0.717) is 47.6 Å². The van der Waals surface area contributed by atoms with Crippen LogP contribution in [0.2, 0.25) is 0 Å². The van der Waals surface area contributed by atoms with Gasteiger partial charge >= 0.3 is 0 Å². The van der Waals surface area contributed by atoms with Crippen LogP contribution >= 0.6 is 0 Å². The van der Waals surface area contributed by atoms with Crippen molar-refractivity contribution in [2.24, 2.45) is 0 Å². The molecule has 0 saturated carbocycles. The van der Waals surface area contributed by atoms with Crippen LogP contribution < -0.4 is 33.7 Å². The highest BCUT2D eigenvalue weighted by molar-refractivity contribution is 5.67. The predicted octanol–water partition coefficient (Wildman–Crippen LogP) is 6.89. The largest absolute Gasteiger partial charge is 0.493 e. The Labute approximate surface area is 301 Å². The molecule has 6 heterocycles. The minimum absolute atomic E-state index is 0.00154. The number of hydrogen-bond acceptors (Lipinski definition) is 9. The molecule has 1 N–H and O–H groups in total. The summed E-state index contributed by atoms with van der Waals surface area (Å²) in [5.74, 6) is 8.06. The first-order valence-electron chi connectivity index (χ1n) is 17.5. The standard InChI is InChI=1S/C42H47N3O6/c1-8-19-43-25-32-31-18-21-45(3)34-23-27-11-13-29(14-12-27)50-40-36-28(24-35(46-4)39(40)48-6)17-20-44(2)33(36)22-26-9-15-30(16-10-26)51-41(37(31)34)42(49-7)38(32)47-5/h1,9-16,24,33-34,43H,17-23,25H2,2-7H3/t33-,34-/m1/s1. The van der Waals surface area contributed by atoms with Gasteiger partial charge in [0, 0.05) is 48.4 Å². The Hall–Kier alpha value is -4.88. The molecule has 0 fully saturated rings. The molecule has 4 bridgehead atoms. The second-order valence-electron chi connectivity index (χ2n) is 13.5. The van der Waals surface area contributed by atoms with Gasteiger partial charge in [0.05, 0.1) is 35.0 Å². The molecular weight excluding hydrogens is 642 g/mol. The fraction of sp³-hybridized carbons (Fsp3) is 0.381. The van der Waals surface area contributed by atoms with Crippen molar-refractivity contribution >= 4 is 0 Å². The van der Waals surface area contributed by atoms with E-state index in [-0.39, 0.29) is 12.1 Å². The zero-order valence-electron chi connectivity index (χ0n) is 30.4. The molecule has 0 radical (unpaired) electrons. The van der Waals surface area contributed by atoms with Crippen molar-refractivity contribution in [3.05, 3.63) is 93.5 Å². The summed E-state index contributed by atoms with van der Waals surface area (Å²) in [6, 6.07) is 19.0. The zero-order chi connectivity index (χ0) is 35.6. The minimum Gasteiger partial charge on any atom is -0.493 e. The molecule has 51 heavy (non-hydrogen) atoms. The molecule has 6 aliphatic rings. The van der Waals surface area contributed by atoms with Crippen molar-refractivity contribution in [1.82, 2.24) is 15.1 Å². The van der Waals surface area contributed by atoms with Crippen LogP contribution in [0.1, 0.15) is 51.0 Å². The fourth-order valence-corrected chi connectivity index (χ4v) is 8.01. The van der Waals surface area contributed by atoms with E-state index in [0.717, 1.165) is 67.0 Å². The van der Waals surface area contributed by atoms with Crippen LogP contribution in [0, 0.1) is 12.3 Å². The van der Waals surface area contributed by atoms with Crippen molar-refractivity contribution in [1.29, 1.82) is 0 Å². The molecule has 0 saturated heterocycles. The maximum absolute atomic E-state index is 6.90. The minimum atomic E-state index is 0.00154. The Balaban J connectivity index is 1.42. The molecule has 4 aromatic carbocycles. The van der Waals surface area contributed by atoms with Crippen LogP contribution in [0.4, 0.5) is 0 Å². The van der Waals surface area contributed by atoms with E-state index in [1.54, 1.807) is 28.4 Å². The van der Waals surface area contributed by atoms with Crippen molar-refractivity contribution in [2.45, 2.75) is 44.3 Å². The van der Waals surface area contributed by atoms with Gasteiger partial charge in [-0.1, -0.05) is 30.2 Å². The fourth-order valence-electron chi connectivity index (χ4n) is 8.01. The zero-order valence-corrected chi connectivity index (χ0v) is 30.4. The third-order valence-electron chi connectivity index (χ3n) is 10.6. The third-order valence-corrected chi connectivity index (χ3v) is 10.6. The summed E-state index contributed by atoms with van der Waals surface area (Å²) in [5.41, 5.74) is 8.03. The van der Waals surface area contributed by atoms with Gasteiger partial charge in [-0.25, -0.2) is 0 Å². The summed E-state index contributed by atoms with van der Waals surface area (Å²) >= 11 is 0. The van der Waals surface area contributed by atoms with Gasteiger partial charge in [-0.3, -0.25) is 9.80 Å². The van der Waals surface area contributed by atoms with Crippen LogP contribution in [0.3, 0.4) is 0 Å². The summed E-state index contributed by atoms with van der Waals surface area (Å²) < 4.78 is 37.7. The highest BCUT2D eigenvalue weighted by Gasteiger charge is 2.37. The van der Waals surface area contributed by atoms with Crippen LogP contribution in [-0.4, -0.2) is 72.0 Å². The summed E-state index contributed by atoms with van der Waals surface area (Å²) in [6.07, 6.45) is 8.85. The lowest BCUT2D eigenvalue weighted by Crippen LogP contribution is -2.35. The van der Waals surface area contributed by atoms with E-state index >= 15 is 0 Å². The molecular formula is C42H47N3O6. The lowest BCUT2D eigenvalue weighted by Gasteiger charge is -2.38.